The van der Waals surface area contributed by atoms with E-state index in [1.807, 2.05) is 0 Å². The highest BCUT2D eigenvalue weighted by Gasteiger charge is 2.09. The molecule has 1 heterocycles. The number of nitrogens with zero attached hydrogens (tertiary/aromatic N) is 1. The molecule has 0 atom stereocenters. The second-order valence-corrected chi connectivity index (χ2v) is 5.88. The molecule has 2 aromatic rings. The molecule has 1 nitrogen and oxygen atoms in total. The Bertz CT molecular complexity index is 544. The van der Waals surface area contributed by atoms with E-state index < -0.39 is 0 Å². The number of fused-ring (bicyclic) bond motifs is 1. The molecule has 0 aliphatic carbocycles. The van der Waals surface area contributed by atoms with Crippen LogP contribution in [0.4, 0.5) is 0 Å². The maximum absolute atomic E-state index is 4.61. The van der Waals surface area contributed by atoms with Crippen molar-refractivity contribution in [2.75, 3.05) is 0 Å². The highest BCUT2D eigenvalue weighted by molar-refractivity contribution is 9.10. The molecule has 0 unspecified atom stereocenters. The number of hydrogen-bond donors (Lipinski definition) is 0. The van der Waals surface area contributed by atoms with Crippen molar-refractivity contribution in [1.29, 1.82) is 0 Å². The van der Waals surface area contributed by atoms with E-state index in [4.69, 9.17) is 0 Å². The molecule has 0 amide bonds. The zero-order chi connectivity index (χ0) is 12.6. The SMILES string of the molecule is CC(C)c1ccc2nc(Br)c(C(C)C)cc2c1. The average Bonchev–Trinajstić information content (AvgIpc) is 2.27. The fraction of sp³-hybridized carbons (Fsp3) is 0.400. The Morgan fingerprint density at radius 3 is 2.29 bits per heavy atom. The lowest BCUT2D eigenvalue weighted by atomic mass is 9.98. The summed E-state index contributed by atoms with van der Waals surface area (Å²) in [6, 6.07) is 8.79. The van der Waals surface area contributed by atoms with Crippen LogP contribution in [-0.2, 0) is 0 Å². The van der Waals surface area contributed by atoms with Crippen LogP contribution in [0.3, 0.4) is 0 Å². The first kappa shape index (κ1) is 12.6. The van der Waals surface area contributed by atoms with Crippen molar-refractivity contribution >= 4 is 26.8 Å². The maximum atomic E-state index is 4.61. The molecule has 1 aromatic heterocycles. The molecule has 0 radical (unpaired) electrons. The Morgan fingerprint density at radius 1 is 1.00 bits per heavy atom. The largest absolute Gasteiger partial charge is 0.241 e. The van der Waals surface area contributed by atoms with Gasteiger partial charge in [-0.15, -0.1) is 0 Å². The Morgan fingerprint density at radius 2 is 1.71 bits per heavy atom. The molecule has 0 aliphatic rings. The fourth-order valence-corrected chi connectivity index (χ4v) is 2.72. The molecular formula is C15H18BrN. The minimum Gasteiger partial charge on any atom is -0.241 e. The first-order chi connectivity index (χ1) is 7.99. The van der Waals surface area contributed by atoms with Gasteiger partial charge in [-0.1, -0.05) is 33.8 Å². The van der Waals surface area contributed by atoms with E-state index in [1.54, 1.807) is 0 Å². The van der Waals surface area contributed by atoms with Crippen LogP contribution >= 0.6 is 15.9 Å². The molecule has 0 bridgehead atoms. The number of halogens is 1. The fourth-order valence-electron chi connectivity index (χ4n) is 1.95. The van der Waals surface area contributed by atoms with Gasteiger partial charge in [0.1, 0.15) is 4.60 Å². The van der Waals surface area contributed by atoms with Gasteiger partial charge >= 0.3 is 0 Å². The summed E-state index contributed by atoms with van der Waals surface area (Å²) in [7, 11) is 0. The van der Waals surface area contributed by atoms with E-state index in [0.717, 1.165) is 10.1 Å². The summed E-state index contributed by atoms with van der Waals surface area (Å²) in [4.78, 5) is 4.61. The van der Waals surface area contributed by atoms with Crippen molar-refractivity contribution in [3.8, 4) is 0 Å². The lowest BCUT2D eigenvalue weighted by Gasteiger charge is -2.11. The second kappa shape index (κ2) is 4.77. The average molecular weight is 292 g/mol. The molecule has 0 aliphatic heterocycles. The van der Waals surface area contributed by atoms with Crippen LogP contribution in [0.15, 0.2) is 28.9 Å². The Labute approximate surface area is 111 Å². The molecule has 2 rings (SSSR count). The van der Waals surface area contributed by atoms with Gasteiger partial charge < -0.3 is 0 Å². The number of aromatic nitrogens is 1. The smallest absolute Gasteiger partial charge is 0.110 e. The van der Waals surface area contributed by atoms with Crippen LogP contribution in [0.5, 0.6) is 0 Å². The third-order valence-electron chi connectivity index (χ3n) is 3.11. The highest BCUT2D eigenvalue weighted by Crippen LogP contribution is 2.28. The van der Waals surface area contributed by atoms with Crippen LogP contribution in [0.25, 0.3) is 10.9 Å². The Kier molecular flexibility index (Phi) is 3.53. The van der Waals surface area contributed by atoms with Crippen LogP contribution < -0.4 is 0 Å². The zero-order valence-electron chi connectivity index (χ0n) is 10.8. The minimum atomic E-state index is 0.490. The van der Waals surface area contributed by atoms with Gasteiger partial charge in [0.05, 0.1) is 5.52 Å². The standard InChI is InChI=1S/C15H18BrN/c1-9(2)11-5-6-14-12(7-11)8-13(10(3)4)15(16)17-14/h5-10H,1-4H3. The summed E-state index contributed by atoms with van der Waals surface area (Å²) < 4.78 is 0.970. The molecule has 0 saturated carbocycles. The predicted molar refractivity (Wildman–Crippen MR) is 77.6 cm³/mol. The van der Waals surface area contributed by atoms with Crippen molar-refractivity contribution < 1.29 is 0 Å². The molecule has 1 aromatic carbocycles. The van der Waals surface area contributed by atoms with Crippen molar-refractivity contribution in [3.05, 3.63) is 40.0 Å². The van der Waals surface area contributed by atoms with E-state index in [1.165, 1.54) is 16.5 Å². The van der Waals surface area contributed by atoms with Gasteiger partial charge in [-0.05, 0) is 57.1 Å². The molecule has 0 fully saturated rings. The maximum Gasteiger partial charge on any atom is 0.110 e. The molecular weight excluding hydrogens is 274 g/mol. The van der Waals surface area contributed by atoms with Gasteiger partial charge in [0, 0.05) is 5.39 Å². The van der Waals surface area contributed by atoms with Gasteiger partial charge in [-0.25, -0.2) is 4.98 Å². The summed E-state index contributed by atoms with van der Waals surface area (Å²) in [6.07, 6.45) is 0. The van der Waals surface area contributed by atoms with E-state index in [9.17, 15) is 0 Å². The highest BCUT2D eigenvalue weighted by atomic mass is 79.9. The third-order valence-corrected chi connectivity index (χ3v) is 3.74. The third kappa shape index (κ3) is 2.52. The summed E-state index contributed by atoms with van der Waals surface area (Å²) >= 11 is 3.55. The van der Waals surface area contributed by atoms with Crippen LogP contribution in [0, 0.1) is 0 Å². The Hall–Kier alpha value is -0.890. The molecule has 17 heavy (non-hydrogen) atoms. The van der Waals surface area contributed by atoms with Gasteiger partial charge in [-0.3, -0.25) is 0 Å². The quantitative estimate of drug-likeness (QED) is 0.689. The molecule has 0 N–H and O–H groups in total. The summed E-state index contributed by atoms with van der Waals surface area (Å²) in [5.74, 6) is 1.05. The van der Waals surface area contributed by atoms with Gasteiger partial charge in [0.25, 0.3) is 0 Å². The lowest BCUT2D eigenvalue weighted by Crippen LogP contribution is -1.94. The summed E-state index contributed by atoms with van der Waals surface area (Å²) in [6.45, 7) is 8.83. The monoisotopic (exact) mass is 291 g/mol. The minimum absolute atomic E-state index is 0.490. The van der Waals surface area contributed by atoms with E-state index in [-0.39, 0.29) is 0 Å². The number of hydrogen-bond acceptors (Lipinski definition) is 1. The number of pyridine rings is 1. The van der Waals surface area contributed by atoms with Crippen LogP contribution in [0.2, 0.25) is 0 Å². The topological polar surface area (TPSA) is 12.9 Å². The molecule has 90 valence electrons. The summed E-state index contributed by atoms with van der Waals surface area (Å²) in [5, 5.41) is 1.24. The number of rotatable bonds is 2. The second-order valence-electron chi connectivity index (χ2n) is 5.13. The van der Waals surface area contributed by atoms with Crippen molar-refractivity contribution in [1.82, 2.24) is 4.98 Å². The summed E-state index contributed by atoms with van der Waals surface area (Å²) in [5.41, 5.74) is 3.71. The van der Waals surface area contributed by atoms with E-state index in [0.29, 0.717) is 11.8 Å². The van der Waals surface area contributed by atoms with Crippen molar-refractivity contribution in [2.24, 2.45) is 0 Å². The normalized spacial score (nSPS) is 11.7. The van der Waals surface area contributed by atoms with Crippen molar-refractivity contribution in [2.45, 2.75) is 39.5 Å². The molecule has 0 saturated heterocycles. The van der Waals surface area contributed by atoms with Gasteiger partial charge in [-0.2, -0.15) is 0 Å². The van der Waals surface area contributed by atoms with Crippen LogP contribution in [-0.4, -0.2) is 4.98 Å². The zero-order valence-corrected chi connectivity index (χ0v) is 12.4. The lowest BCUT2D eigenvalue weighted by molar-refractivity contribution is 0.852. The van der Waals surface area contributed by atoms with Gasteiger partial charge in [0.2, 0.25) is 0 Å². The van der Waals surface area contributed by atoms with E-state index in [2.05, 4.69) is 72.9 Å². The first-order valence-electron chi connectivity index (χ1n) is 6.09. The number of benzene rings is 1. The molecule has 0 spiro atoms. The molecule has 2 heteroatoms. The van der Waals surface area contributed by atoms with E-state index >= 15 is 0 Å². The van der Waals surface area contributed by atoms with Crippen molar-refractivity contribution in [3.63, 3.8) is 0 Å². The Balaban J connectivity index is 2.64. The van der Waals surface area contributed by atoms with Gasteiger partial charge in [0.15, 0.2) is 0 Å². The predicted octanol–water partition coefficient (Wildman–Crippen LogP) is 5.24. The van der Waals surface area contributed by atoms with Crippen LogP contribution in [0.1, 0.15) is 50.7 Å². The first-order valence-corrected chi connectivity index (χ1v) is 6.88.